The lowest BCUT2D eigenvalue weighted by molar-refractivity contribution is 0.311. The van der Waals surface area contributed by atoms with Gasteiger partial charge in [-0.2, -0.15) is 0 Å². The lowest BCUT2D eigenvalue weighted by Crippen LogP contribution is -2.45. The van der Waals surface area contributed by atoms with Gasteiger partial charge in [-0.05, 0) is 14.0 Å². The van der Waals surface area contributed by atoms with E-state index < -0.39 is 0 Å². The maximum atomic E-state index is 4.53. The Balaban J connectivity index is 1.91. The van der Waals surface area contributed by atoms with E-state index in [-0.39, 0.29) is 0 Å². The summed E-state index contributed by atoms with van der Waals surface area (Å²) in [5.41, 5.74) is 2.62. The number of hydrogen-bond donors (Lipinski definition) is 0. The summed E-state index contributed by atoms with van der Waals surface area (Å²) >= 11 is 1.97. The van der Waals surface area contributed by atoms with Crippen molar-refractivity contribution in [2.45, 2.75) is 17.9 Å². The van der Waals surface area contributed by atoms with Gasteiger partial charge in [0.25, 0.3) is 0 Å². The Labute approximate surface area is 106 Å². The van der Waals surface area contributed by atoms with Crippen LogP contribution in [-0.2, 0) is 5.75 Å². The largest absolute Gasteiger partial charge is 0.354 e. The quantitative estimate of drug-likeness (QED) is 0.755. The van der Waals surface area contributed by atoms with Crippen LogP contribution in [0.2, 0.25) is 0 Å². The van der Waals surface area contributed by atoms with E-state index in [2.05, 4.69) is 33.7 Å². The maximum absolute atomic E-state index is 4.53. The van der Waals surface area contributed by atoms with Gasteiger partial charge in [0.15, 0.2) is 0 Å². The molecule has 4 nitrogen and oxygen atoms in total. The molecular formula is C12H18N4S. The molecule has 0 aromatic carbocycles. The summed E-state index contributed by atoms with van der Waals surface area (Å²) in [5.74, 6) is 2.22. The van der Waals surface area contributed by atoms with Crippen molar-refractivity contribution in [2.24, 2.45) is 0 Å². The molecule has 17 heavy (non-hydrogen) atoms. The van der Waals surface area contributed by atoms with Gasteiger partial charge in [-0.1, -0.05) is 0 Å². The first-order valence-electron chi connectivity index (χ1n) is 6.14. The Morgan fingerprint density at radius 3 is 2.76 bits per heavy atom. The summed E-state index contributed by atoms with van der Waals surface area (Å²) in [6.07, 6.45) is 1.73. The summed E-state index contributed by atoms with van der Waals surface area (Å²) < 4.78 is 0. The third-order valence-corrected chi connectivity index (χ3v) is 4.80. The Morgan fingerprint density at radius 1 is 1.24 bits per heavy atom. The van der Waals surface area contributed by atoms with Gasteiger partial charge >= 0.3 is 0 Å². The van der Waals surface area contributed by atoms with Crippen molar-refractivity contribution in [3.05, 3.63) is 17.6 Å². The van der Waals surface area contributed by atoms with E-state index in [9.17, 15) is 0 Å². The van der Waals surface area contributed by atoms with Crippen LogP contribution in [0.3, 0.4) is 0 Å². The minimum absolute atomic E-state index is 0.542. The molecule has 1 atom stereocenters. The van der Waals surface area contributed by atoms with E-state index in [1.54, 1.807) is 6.33 Å². The minimum Gasteiger partial charge on any atom is -0.354 e. The Kier molecular flexibility index (Phi) is 2.96. The molecule has 1 fully saturated rings. The fraction of sp³-hybridized carbons (Fsp3) is 0.667. The summed E-state index contributed by atoms with van der Waals surface area (Å²) in [6.45, 7) is 6.68. The number of thioether (sulfide) groups is 1. The van der Waals surface area contributed by atoms with Crippen LogP contribution in [-0.4, -0.2) is 48.1 Å². The molecule has 0 N–H and O–H groups in total. The lowest BCUT2D eigenvalue weighted by Gasteiger charge is -2.34. The number of fused-ring (bicyclic) bond motifs is 1. The standard InChI is InChI=1S/C12H18N4S/c1-9-11-10(7-17-9)13-8-14-12(11)16-5-3-15(2)4-6-16/h8-9H,3-7H2,1-2H3/t9-/m1/s1. The van der Waals surface area contributed by atoms with Gasteiger partial charge in [-0.3, -0.25) is 0 Å². The Hall–Kier alpha value is -0.810. The van der Waals surface area contributed by atoms with Crippen molar-refractivity contribution in [1.29, 1.82) is 0 Å². The number of rotatable bonds is 1. The monoisotopic (exact) mass is 250 g/mol. The summed E-state index contributed by atoms with van der Waals surface area (Å²) in [6, 6.07) is 0. The molecule has 0 aliphatic carbocycles. The molecule has 3 rings (SSSR count). The van der Waals surface area contributed by atoms with E-state index in [4.69, 9.17) is 0 Å². The summed E-state index contributed by atoms with van der Waals surface area (Å²) in [7, 11) is 2.18. The van der Waals surface area contributed by atoms with Crippen molar-refractivity contribution in [1.82, 2.24) is 14.9 Å². The van der Waals surface area contributed by atoms with Crippen molar-refractivity contribution < 1.29 is 0 Å². The molecule has 5 heteroatoms. The first-order chi connectivity index (χ1) is 8.25. The van der Waals surface area contributed by atoms with E-state index in [1.165, 1.54) is 17.1 Å². The molecule has 2 aliphatic heterocycles. The van der Waals surface area contributed by atoms with Crippen LogP contribution in [0.5, 0.6) is 0 Å². The third kappa shape index (κ3) is 2.02. The molecule has 0 bridgehead atoms. The van der Waals surface area contributed by atoms with Crippen LogP contribution in [0, 0.1) is 0 Å². The van der Waals surface area contributed by atoms with Gasteiger partial charge < -0.3 is 9.80 Å². The smallest absolute Gasteiger partial charge is 0.136 e. The highest BCUT2D eigenvalue weighted by atomic mass is 32.2. The number of piperazine rings is 1. The summed E-state index contributed by atoms with van der Waals surface area (Å²) in [5, 5.41) is 0.542. The van der Waals surface area contributed by atoms with Gasteiger partial charge in [0, 0.05) is 42.7 Å². The molecule has 0 radical (unpaired) electrons. The first-order valence-corrected chi connectivity index (χ1v) is 7.19. The number of anilines is 1. The zero-order valence-electron chi connectivity index (χ0n) is 10.4. The highest BCUT2D eigenvalue weighted by Crippen LogP contribution is 2.44. The molecule has 0 spiro atoms. The summed E-state index contributed by atoms with van der Waals surface area (Å²) in [4.78, 5) is 13.7. The van der Waals surface area contributed by atoms with Crippen LogP contribution in [0.4, 0.5) is 5.82 Å². The van der Waals surface area contributed by atoms with Gasteiger partial charge in [0.1, 0.15) is 12.1 Å². The number of aromatic nitrogens is 2. The SMILES string of the molecule is C[C@H]1SCc2ncnc(N3CCN(C)CC3)c21. The molecule has 1 aromatic heterocycles. The van der Waals surface area contributed by atoms with E-state index in [1.807, 2.05) is 11.8 Å². The van der Waals surface area contributed by atoms with E-state index >= 15 is 0 Å². The van der Waals surface area contributed by atoms with Crippen molar-refractivity contribution in [3.8, 4) is 0 Å². The van der Waals surface area contributed by atoms with E-state index in [0.29, 0.717) is 5.25 Å². The predicted octanol–water partition coefficient (Wildman–Crippen LogP) is 1.54. The second-order valence-electron chi connectivity index (χ2n) is 4.80. The zero-order chi connectivity index (χ0) is 11.8. The van der Waals surface area contributed by atoms with Crippen molar-refractivity contribution in [2.75, 3.05) is 38.1 Å². The third-order valence-electron chi connectivity index (χ3n) is 3.62. The van der Waals surface area contributed by atoms with Crippen LogP contribution >= 0.6 is 11.8 Å². The van der Waals surface area contributed by atoms with Crippen LogP contribution in [0.25, 0.3) is 0 Å². The van der Waals surface area contributed by atoms with Crippen LogP contribution in [0.15, 0.2) is 6.33 Å². The Bertz CT molecular complexity index is 415. The number of likely N-dealkylation sites (N-methyl/N-ethyl adjacent to an activating group) is 1. The number of hydrogen-bond acceptors (Lipinski definition) is 5. The van der Waals surface area contributed by atoms with Gasteiger partial charge in [0.05, 0.1) is 5.69 Å². The number of nitrogens with zero attached hydrogens (tertiary/aromatic N) is 4. The lowest BCUT2D eigenvalue weighted by atomic mass is 10.1. The molecule has 92 valence electrons. The van der Waals surface area contributed by atoms with Crippen molar-refractivity contribution in [3.63, 3.8) is 0 Å². The molecule has 1 saturated heterocycles. The highest BCUT2D eigenvalue weighted by molar-refractivity contribution is 7.99. The highest BCUT2D eigenvalue weighted by Gasteiger charge is 2.28. The molecule has 0 amide bonds. The molecule has 3 heterocycles. The minimum atomic E-state index is 0.542. The average molecular weight is 250 g/mol. The fourth-order valence-electron chi connectivity index (χ4n) is 2.51. The van der Waals surface area contributed by atoms with Crippen LogP contribution in [0.1, 0.15) is 23.4 Å². The predicted molar refractivity (Wildman–Crippen MR) is 71.5 cm³/mol. The topological polar surface area (TPSA) is 32.3 Å². The van der Waals surface area contributed by atoms with Crippen LogP contribution < -0.4 is 4.90 Å². The molecule has 0 saturated carbocycles. The molecular weight excluding hydrogens is 232 g/mol. The van der Waals surface area contributed by atoms with Gasteiger partial charge in [0.2, 0.25) is 0 Å². The Morgan fingerprint density at radius 2 is 2.00 bits per heavy atom. The van der Waals surface area contributed by atoms with E-state index in [0.717, 1.165) is 31.9 Å². The van der Waals surface area contributed by atoms with Crippen molar-refractivity contribution >= 4 is 17.6 Å². The molecule has 0 unspecified atom stereocenters. The van der Waals surface area contributed by atoms with Gasteiger partial charge in [-0.25, -0.2) is 9.97 Å². The molecule has 1 aromatic rings. The average Bonchev–Trinajstić information content (AvgIpc) is 2.73. The molecule has 2 aliphatic rings. The maximum Gasteiger partial charge on any atom is 0.136 e. The normalized spacial score (nSPS) is 25.1. The first kappa shape index (κ1) is 11.3. The zero-order valence-corrected chi connectivity index (χ0v) is 11.2. The second kappa shape index (κ2) is 4.46. The second-order valence-corrected chi connectivity index (χ2v) is 6.13. The fourth-order valence-corrected chi connectivity index (χ4v) is 3.56. The van der Waals surface area contributed by atoms with Gasteiger partial charge in [-0.15, -0.1) is 11.8 Å².